The first-order chi connectivity index (χ1) is 6.29. The largest absolute Gasteiger partial charge is 0.330 e. The molecule has 0 amide bonds. The summed E-state index contributed by atoms with van der Waals surface area (Å²) in [7, 11) is 1.84. The average Bonchev–Trinajstić information content (AvgIpc) is 2.16. The molecule has 0 spiro atoms. The molecule has 0 aromatic heterocycles. The second kappa shape index (κ2) is 4.94. The van der Waals surface area contributed by atoms with Gasteiger partial charge in [0.15, 0.2) is 0 Å². The fourth-order valence-corrected chi connectivity index (χ4v) is 1.37. The van der Waals surface area contributed by atoms with Gasteiger partial charge in [0.2, 0.25) is 0 Å². The summed E-state index contributed by atoms with van der Waals surface area (Å²) in [4.78, 5) is 0. The van der Waals surface area contributed by atoms with Gasteiger partial charge >= 0.3 is 0 Å². The molecule has 13 heavy (non-hydrogen) atoms. The molecule has 1 unspecified atom stereocenters. The van der Waals surface area contributed by atoms with E-state index in [0.29, 0.717) is 18.7 Å². The van der Waals surface area contributed by atoms with Crippen LogP contribution in [-0.4, -0.2) is 20.1 Å². The van der Waals surface area contributed by atoms with Crippen LogP contribution in [0.4, 0.5) is 4.39 Å². The molecule has 72 valence electrons. The molecular formula is C10H15FN2. The van der Waals surface area contributed by atoms with Crippen molar-refractivity contribution in [2.45, 2.75) is 5.92 Å². The van der Waals surface area contributed by atoms with Crippen molar-refractivity contribution in [2.24, 2.45) is 5.73 Å². The molecule has 0 radical (unpaired) electrons. The molecule has 0 saturated carbocycles. The first-order valence-electron chi connectivity index (χ1n) is 4.38. The molecule has 0 aliphatic rings. The quantitative estimate of drug-likeness (QED) is 0.731. The van der Waals surface area contributed by atoms with E-state index in [2.05, 4.69) is 5.32 Å². The Labute approximate surface area is 77.9 Å². The maximum Gasteiger partial charge on any atom is 0.126 e. The zero-order chi connectivity index (χ0) is 9.68. The van der Waals surface area contributed by atoms with E-state index in [-0.39, 0.29) is 11.7 Å². The summed E-state index contributed by atoms with van der Waals surface area (Å²) in [5, 5.41) is 3.00. The molecule has 1 aromatic rings. The third kappa shape index (κ3) is 2.50. The number of nitrogens with one attached hydrogen (secondary N) is 1. The standard InChI is InChI=1S/C10H15FN2/c1-13-7-8(6-12)9-4-2-3-5-10(9)11/h2-5,8,13H,6-7,12H2,1H3. The number of benzene rings is 1. The van der Waals surface area contributed by atoms with Crippen LogP contribution in [0.1, 0.15) is 11.5 Å². The van der Waals surface area contributed by atoms with Crippen LogP contribution < -0.4 is 11.1 Å². The molecule has 0 bridgehead atoms. The van der Waals surface area contributed by atoms with Crippen molar-refractivity contribution in [3.63, 3.8) is 0 Å². The van der Waals surface area contributed by atoms with Crippen molar-refractivity contribution in [3.05, 3.63) is 35.6 Å². The van der Waals surface area contributed by atoms with E-state index < -0.39 is 0 Å². The van der Waals surface area contributed by atoms with Crippen molar-refractivity contribution >= 4 is 0 Å². The molecule has 1 atom stereocenters. The molecule has 0 saturated heterocycles. The zero-order valence-corrected chi connectivity index (χ0v) is 7.76. The fourth-order valence-electron chi connectivity index (χ4n) is 1.37. The van der Waals surface area contributed by atoms with Crippen LogP contribution in [0, 0.1) is 5.82 Å². The van der Waals surface area contributed by atoms with Gasteiger partial charge in [-0.2, -0.15) is 0 Å². The monoisotopic (exact) mass is 182 g/mol. The van der Waals surface area contributed by atoms with Crippen molar-refractivity contribution < 1.29 is 4.39 Å². The van der Waals surface area contributed by atoms with Crippen molar-refractivity contribution in [3.8, 4) is 0 Å². The Hall–Kier alpha value is -0.930. The molecule has 0 aliphatic carbocycles. The summed E-state index contributed by atoms with van der Waals surface area (Å²) in [5.41, 5.74) is 6.25. The molecule has 1 rings (SSSR count). The van der Waals surface area contributed by atoms with E-state index in [4.69, 9.17) is 5.73 Å². The van der Waals surface area contributed by atoms with Crippen LogP contribution >= 0.6 is 0 Å². The Morgan fingerprint density at radius 1 is 1.46 bits per heavy atom. The van der Waals surface area contributed by atoms with Crippen LogP contribution in [0.25, 0.3) is 0 Å². The highest BCUT2D eigenvalue weighted by molar-refractivity contribution is 5.22. The summed E-state index contributed by atoms with van der Waals surface area (Å²) in [6, 6.07) is 6.76. The van der Waals surface area contributed by atoms with Crippen LogP contribution in [-0.2, 0) is 0 Å². The summed E-state index contributed by atoms with van der Waals surface area (Å²) < 4.78 is 13.3. The lowest BCUT2D eigenvalue weighted by Crippen LogP contribution is -2.24. The van der Waals surface area contributed by atoms with Crippen LogP contribution in [0.15, 0.2) is 24.3 Å². The SMILES string of the molecule is CNCC(CN)c1ccccc1F. The van der Waals surface area contributed by atoms with Gasteiger partial charge in [0, 0.05) is 19.0 Å². The summed E-state index contributed by atoms with van der Waals surface area (Å²) in [6.45, 7) is 1.17. The molecule has 0 aliphatic heterocycles. The Morgan fingerprint density at radius 2 is 2.15 bits per heavy atom. The third-order valence-corrected chi connectivity index (χ3v) is 2.08. The number of nitrogens with two attached hydrogens (primary N) is 1. The highest BCUT2D eigenvalue weighted by atomic mass is 19.1. The van der Waals surface area contributed by atoms with Gasteiger partial charge in [-0.3, -0.25) is 0 Å². The molecule has 1 aromatic carbocycles. The average molecular weight is 182 g/mol. The third-order valence-electron chi connectivity index (χ3n) is 2.08. The van der Waals surface area contributed by atoms with E-state index in [9.17, 15) is 4.39 Å². The van der Waals surface area contributed by atoms with Gasteiger partial charge in [-0.25, -0.2) is 4.39 Å². The molecule has 3 N–H and O–H groups in total. The van der Waals surface area contributed by atoms with Gasteiger partial charge in [-0.1, -0.05) is 18.2 Å². The smallest absolute Gasteiger partial charge is 0.126 e. The minimum absolute atomic E-state index is 0.0613. The first kappa shape index (κ1) is 10.2. The van der Waals surface area contributed by atoms with Gasteiger partial charge in [-0.15, -0.1) is 0 Å². The van der Waals surface area contributed by atoms with Crippen LogP contribution in [0.3, 0.4) is 0 Å². The maximum absolute atomic E-state index is 13.3. The number of hydrogen-bond acceptors (Lipinski definition) is 2. The number of likely N-dealkylation sites (N-methyl/N-ethyl adjacent to an activating group) is 1. The molecular weight excluding hydrogens is 167 g/mol. The maximum atomic E-state index is 13.3. The van der Waals surface area contributed by atoms with Crippen LogP contribution in [0.2, 0.25) is 0 Å². The van der Waals surface area contributed by atoms with Gasteiger partial charge in [-0.05, 0) is 18.7 Å². The van der Waals surface area contributed by atoms with E-state index in [1.54, 1.807) is 12.1 Å². The van der Waals surface area contributed by atoms with Crippen molar-refractivity contribution in [1.82, 2.24) is 5.32 Å². The van der Waals surface area contributed by atoms with Gasteiger partial charge in [0.05, 0.1) is 0 Å². The number of rotatable bonds is 4. The Balaban J connectivity index is 2.84. The Morgan fingerprint density at radius 3 is 2.69 bits per heavy atom. The molecule has 3 heteroatoms. The summed E-state index contributed by atoms with van der Waals surface area (Å²) >= 11 is 0. The molecule has 2 nitrogen and oxygen atoms in total. The highest BCUT2D eigenvalue weighted by Gasteiger charge is 2.12. The predicted molar refractivity (Wildman–Crippen MR) is 52.1 cm³/mol. The predicted octanol–water partition coefficient (Wildman–Crippen LogP) is 1.09. The van der Waals surface area contributed by atoms with Crippen LogP contribution in [0.5, 0.6) is 0 Å². The van der Waals surface area contributed by atoms with E-state index in [1.165, 1.54) is 6.07 Å². The molecule has 0 fully saturated rings. The fraction of sp³-hybridized carbons (Fsp3) is 0.400. The van der Waals surface area contributed by atoms with Gasteiger partial charge in [0.1, 0.15) is 5.82 Å². The minimum atomic E-state index is -0.173. The second-order valence-electron chi connectivity index (χ2n) is 3.01. The second-order valence-corrected chi connectivity index (χ2v) is 3.01. The Bertz CT molecular complexity index is 263. The highest BCUT2D eigenvalue weighted by Crippen LogP contribution is 2.16. The zero-order valence-electron chi connectivity index (χ0n) is 7.76. The van der Waals surface area contributed by atoms with Crippen molar-refractivity contribution in [2.75, 3.05) is 20.1 Å². The van der Waals surface area contributed by atoms with E-state index >= 15 is 0 Å². The van der Waals surface area contributed by atoms with Crippen molar-refractivity contribution in [1.29, 1.82) is 0 Å². The Kier molecular flexibility index (Phi) is 3.86. The topological polar surface area (TPSA) is 38.0 Å². The van der Waals surface area contributed by atoms with Gasteiger partial charge in [0.25, 0.3) is 0 Å². The normalized spacial score (nSPS) is 12.8. The number of halogens is 1. The number of hydrogen-bond donors (Lipinski definition) is 2. The lowest BCUT2D eigenvalue weighted by Gasteiger charge is -2.14. The van der Waals surface area contributed by atoms with Gasteiger partial charge < -0.3 is 11.1 Å². The minimum Gasteiger partial charge on any atom is -0.330 e. The molecule has 0 heterocycles. The summed E-state index contributed by atoms with van der Waals surface area (Å²) in [5.74, 6) is -0.112. The lowest BCUT2D eigenvalue weighted by atomic mass is 9.99. The first-order valence-corrected chi connectivity index (χ1v) is 4.38. The lowest BCUT2D eigenvalue weighted by molar-refractivity contribution is 0.562. The van der Waals surface area contributed by atoms with E-state index in [1.807, 2.05) is 13.1 Å². The van der Waals surface area contributed by atoms with E-state index in [0.717, 1.165) is 0 Å². The summed E-state index contributed by atoms with van der Waals surface area (Å²) in [6.07, 6.45) is 0.